The topological polar surface area (TPSA) is 92.8 Å². The van der Waals surface area contributed by atoms with Gasteiger partial charge in [0.15, 0.2) is 0 Å². The van der Waals surface area contributed by atoms with E-state index in [0.717, 1.165) is 0 Å². The van der Waals surface area contributed by atoms with E-state index in [-0.39, 0.29) is 36.0 Å². The molecule has 1 aliphatic heterocycles. The number of imide groups is 1. The van der Waals surface area contributed by atoms with Crippen molar-refractivity contribution in [2.45, 2.75) is 44.6 Å². The molecule has 1 heterocycles. The average molecular weight is 361 g/mol. The number of carbonyl (C=O) groups excluding carboxylic acids is 4. The Morgan fingerprint density at radius 2 is 1.71 bits per heavy atom. The molecule has 0 aromatic rings. The Balaban J connectivity index is 1.79. The van der Waals surface area contributed by atoms with Crippen molar-refractivity contribution in [2.75, 3.05) is 5.33 Å². The van der Waals surface area contributed by atoms with Crippen LogP contribution in [-0.4, -0.2) is 40.1 Å². The van der Waals surface area contributed by atoms with Crippen LogP contribution in [0.15, 0.2) is 0 Å². The third-order valence-corrected chi connectivity index (χ3v) is 4.24. The number of nitrogens with one attached hydrogen (secondary N) is 1. The molecule has 0 bridgehead atoms. The van der Waals surface area contributed by atoms with E-state index >= 15 is 0 Å². The molecule has 0 radical (unpaired) electrons. The molecule has 0 unspecified atom stereocenters. The average Bonchev–Trinajstić information content (AvgIpc) is 2.79. The van der Waals surface area contributed by atoms with Crippen LogP contribution in [0.2, 0.25) is 0 Å². The van der Waals surface area contributed by atoms with Crippen molar-refractivity contribution in [3.63, 3.8) is 0 Å². The molecule has 1 aliphatic carbocycles. The molecule has 7 nitrogen and oxygen atoms in total. The van der Waals surface area contributed by atoms with Crippen molar-refractivity contribution in [1.29, 1.82) is 0 Å². The number of halogens is 1. The summed E-state index contributed by atoms with van der Waals surface area (Å²) in [4.78, 5) is 50.9. The van der Waals surface area contributed by atoms with Crippen LogP contribution in [0.5, 0.6) is 0 Å². The zero-order chi connectivity index (χ0) is 15.4. The number of carbonyl (C=O) groups is 4. The second-order valence-electron chi connectivity index (χ2n) is 5.24. The smallest absolute Gasteiger partial charge is 0.336 e. The molecule has 1 saturated carbocycles. The summed E-state index contributed by atoms with van der Waals surface area (Å²) in [6, 6.07) is 0.0640. The first-order chi connectivity index (χ1) is 10.0. The van der Waals surface area contributed by atoms with Gasteiger partial charge >= 0.3 is 5.97 Å². The first-order valence-electron chi connectivity index (χ1n) is 6.94. The second-order valence-corrected chi connectivity index (χ2v) is 5.80. The summed E-state index contributed by atoms with van der Waals surface area (Å²) >= 11 is 3.08. The molecule has 0 atom stereocenters. The maximum Gasteiger partial charge on any atom is 0.336 e. The van der Waals surface area contributed by atoms with Crippen molar-refractivity contribution in [1.82, 2.24) is 10.4 Å². The lowest BCUT2D eigenvalue weighted by molar-refractivity contribution is -0.201. The summed E-state index contributed by atoms with van der Waals surface area (Å²) in [6.07, 6.45) is 2.69. The van der Waals surface area contributed by atoms with E-state index in [1.54, 1.807) is 0 Å². The molecular weight excluding hydrogens is 344 g/mol. The molecule has 2 fully saturated rings. The molecule has 1 N–H and O–H groups in total. The molecule has 2 rings (SSSR count). The maximum absolute atomic E-state index is 12.0. The maximum atomic E-state index is 12.0. The largest absolute Gasteiger partial charge is 0.353 e. The van der Waals surface area contributed by atoms with Gasteiger partial charge in [-0.15, -0.1) is 5.06 Å². The van der Waals surface area contributed by atoms with Crippen LogP contribution in [0.25, 0.3) is 0 Å². The minimum Gasteiger partial charge on any atom is -0.353 e. The third-order valence-electron chi connectivity index (χ3n) is 3.73. The standard InChI is InChI=1S/C13H17BrN2O5/c14-7-10(17)15-9-3-1-8(2-4-9)13(20)21-16-11(18)5-6-12(16)19/h8-9H,1-7H2,(H,15,17). The Labute approximate surface area is 130 Å². The predicted molar refractivity (Wildman–Crippen MR) is 74.9 cm³/mol. The first-order valence-corrected chi connectivity index (χ1v) is 8.06. The number of alkyl halides is 1. The highest BCUT2D eigenvalue weighted by Crippen LogP contribution is 2.26. The van der Waals surface area contributed by atoms with E-state index in [2.05, 4.69) is 21.2 Å². The fourth-order valence-electron chi connectivity index (χ4n) is 2.56. The molecule has 3 amide bonds. The summed E-state index contributed by atoms with van der Waals surface area (Å²) in [5.41, 5.74) is 0. The van der Waals surface area contributed by atoms with Crippen molar-refractivity contribution in [3.8, 4) is 0 Å². The summed E-state index contributed by atoms with van der Waals surface area (Å²) < 4.78 is 0. The van der Waals surface area contributed by atoms with Crippen molar-refractivity contribution >= 4 is 39.6 Å². The molecule has 0 aromatic carbocycles. The fourth-order valence-corrected chi connectivity index (χ4v) is 2.72. The Bertz CT molecular complexity index is 443. The number of hydroxylamine groups is 2. The number of hydrogen-bond acceptors (Lipinski definition) is 5. The van der Waals surface area contributed by atoms with E-state index in [0.29, 0.717) is 30.7 Å². The van der Waals surface area contributed by atoms with Crippen LogP contribution in [-0.2, 0) is 24.0 Å². The lowest BCUT2D eigenvalue weighted by atomic mass is 9.86. The van der Waals surface area contributed by atoms with Gasteiger partial charge in [0.05, 0.1) is 11.2 Å². The van der Waals surface area contributed by atoms with Crippen LogP contribution in [0.4, 0.5) is 0 Å². The van der Waals surface area contributed by atoms with Crippen LogP contribution in [0.1, 0.15) is 38.5 Å². The molecule has 1 saturated heterocycles. The Hall–Kier alpha value is -1.44. The number of nitrogens with zero attached hydrogens (tertiary/aromatic N) is 1. The van der Waals surface area contributed by atoms with Crippen LogP contribution >= 0.6 is 15.9 Å². The molecule has 21 heavy (non-hydrogen) atoms. The minimum atomic E-state index is -0.538. The van der Waals surface area contributed by atoms with Gasteiger partial charge in [-0.05, 0) is 25.7 Å². The molecule has 116 valence electrons. The van der Waals surface area contributed by atoms with Crippen LogP contribution < -0.4 is 5.32 Å². The van der Waals surface area contributed by atoms with E-state index < -0.39 is 17.8 Å². The van der Waals surface area contributed by atoms with Crippen LogP contribution in [0, 0.1) is 5.92 Å². The highest BCUT2D eigenvalue weighted by atomic mass is 79.9. The van der Waals surface area contributed by atoms with Gasteiger partial charge in [-0.25, -0.2) is 4.79 Å². The molecular formula is C13H17BrN2O5. The second kappa shape index (κ2) is 7.02. The molecule has 0 spiro atoms. The minimum absolute atomic E-state index is 0.0640. The monoisotopic (exact) mass is 360 g/mol. The fraction of sp³-hybridized carbons (Fsp3) is 0.692. The number of amides is 3. The molecule has 0 aromatic heterocycles. The Morgan fingerprint density at radius 3 is 2.24 bits per heavy atom. The summed E-state index contributed by atoms with van der Waals surface area (Å²) in [5, 5.41) is 3.70. The van der Waals surface area contributed by atoms with Gasteiger partial charge in [0.25, 0.3) is 11.8 Å². The molecule has 2 aliphatic rings. The van der Waals surface area contributed by atoms with Gasteiger partial charge in [-0.2, -0.15) is 0 Å². The first kappa shape index (κ1) is 15.9. The van der Waals surface area contributed by atoms with E-state index in [1.165, 1.54) is 0 Å². The van der Waals surface area contributed by atoms with E-state index in [4.69, 9.17) is 4.84 Å². The Kier molecular flexibility index (Phi) is 5.33. The molecule has 8 heteroatoms. The van der Waals surface area contributed by atoms with Gasteiger partial charge < -0.3 is 10.2 Å². The SMILES string of the molecule is O=C(CBr)NC1CCC(C(=O)ON2C(=O)CCC2=O)CC1. The van der Waals surface area contributed by atoms with Crippen molar-refractivity contribution in [3.05, 3.63) is 0 Å². The van der Waals surface area contributed by atoms with Gasteiger partial charge in [0.1, 0.15) is 0 Å². The number of rotatable bonds is 4. The normalized spacial score (nSPS) is 25.9. The lowest BCUT2D eigenvalue weighted by Crippen LogP contribution is -2.41. The quantitative estimate of drug-likeness (QED) is 0.587. The van der Waals surface area contributed by atoms with Gasteiger partial charge in [0, 0.05) is 18.9 Å². The number of hydrogen-bond donors (Lipinski definition) is 1. The lowest BCUT2D eigenvalue weighted by Gasteiger charge is -2.28. The predicted octanol–water partition coefficient (Wildman–Crippen LogP) is 0.663. The summed E-state index contributed by atoms with van der Waals surface area (Å²) in [5.74, 6) is -1.88. The van der Waals surface area contributed by atoms with E-state index in [1.807, 2.05) is 0 Å². The zero-order valence-corrected chi connectivity index (χ0v) is 13.1. The van der Waals surface area contributed by atoms with Crippen molar-refractivity contribution in [2.24, 2.45) is 5.92 Å². The van der Waals surface area contributed by atoms with Crippen LogP contribution in [0.3, 0.4) is 0 Å². The summed E-state index contributed by atoms with van der Waals surface area (Å²) in [6.45, 7) is 0. The van der Waals surface area contributed by atoms with Gasteiger partial charge in [0.2, 0.25) is 5.91 Å². The Morgan fingerprint density at radius 1 is 1.14 bits per heavy atom. The van der Waals surface area contributed by atoms with Gasteiger partial charge in [-0.3, -0.25) is 14.4 Å². The third kappa shape index (κ3) is 4.03. The zero-order valence-electron chi connectivity index (χ0n) is 11.5. The highest BCUT2D eigenvalue weighted by Gasteiger charge is 2.36. The summed E-state index contributed by atoms with van der Waals surface area (Å²) in [7, 11) is 0. The van der Waals surface area contributed by atoms with Crippen molar-refractivity contribution < 1.29 is 24.0 Å². The van der Waals surface area contributed by atoms with E-state index in [9.17, 15) is 19.2 Å². The van der Waals surface area contributed by atoms with Gasteiger partial charge in [-0.1, -0.05) is 15.9 Å². The highest BCUT2D eigenvalue weighted by molar-refractivity contribution is 9.09.